The first-order chi connectivity index (χ1) is 14.5. The average Bonchev–Trinajstić information content (AvgIpc) is 3.16. The summed E-state index contributed by atoms with van der Waals surface area (Å²) in [6, 6.07) is 22.3. The molecule has 4 rings (SSSR count). The molecule has 0 fully saturated rings. The topological polar surface area (TPSA) is 84.5 Å². The Hall–Kier alpha value is -3.36. The minimum atomic E-state index is -3.90. The van der Waals surface area contributed by atoms with E-state index in [1.807, 2.05) is 30.3 Å². The molecule has 6 nitrogen and oxygen atoms in total. The number of methoxy groups -OCH3 is 1. The second-order valence-corrected chi connectivity index (χ2v) is 9.20. The largest absolute Gasteiger partial charge is 0.497 e. The van der Waals surface area contributed by atoms with Gasteiger partial charge in [0.2, 0.25) is 0 Å². The van der Waals surface area contributed by atoms with E-state index in [2.05, 4.69) is 10.0 Å². The van der Waals surface area contributed by atoms with Crippen LogP contribution in [-0.2, 0) is 10.0 Å². The van der Waals surface area contributed by atoms with Crippen LogP contribution in [0.25, 0.3) is 10.1 Å². The molecule has 0 unspecified atom stereocenters. The van der Waals surface area contributed by atoms with Gasteiger partial charge in [-0.1, -0.05) is 36.4 Å². The zero-order valence-electron chi connectivity index (χ0n) is 16.0. The van der Waals surface area contributed by atoms with Gasteiger partial charge in [-0.25, -0.2) is 8.42 Å². The summed E-state index contributed by atoms with van der Waals surface area (Å²) in [5, 5.41) is 4.58. The number of hydrogen-bond donors (Lipinski definition) is 2. The number of hydrogen-bond acceptors (Lipinski definition) is 5. The highest BCUT2D eigenvalue weighted by Gasteiger charge is 2.19. The number of para-hydroxylation sites is 1. The monoisotopic (exact) mass is 438 g/mol. The fourth-order valence-corrected chi connectivity index (χ4v) is 5.04. The minimum Gasteiger partial charge on any atom is -0.497 e. The summed E-state index contributed by atoms with van der Waals surface area (Å²) in [7, 11) is -2.44. The lowest BCUT2D eigenvalue weighted by Gasteiger charge is -2.13. The molecule has 0 saturated carbocycles. The van der Waals surface area contributed by atoms with Crippen LogP contribution in [0, 0.1) is 0 Å². The summed E-state index contributed by atoms with van der Waals surface area (Å²) in [6.07, 6.45) is 0. The molecule has 1 amide bonds. The summed E-state index contributed by atoms with van der Waals surface area (Å²) in [6.45, 7) is 0. The van der Waals surface area contributed by atoms with Gasteiger partial charge in [-0.15, -0.1) is 11.3 Å². The number of amides is 1. The van der Waals surface area contributed by atoms with Gasteiger partial charge in [0.1, 0.15) is 5.75 Å². The number of anilines is 2. The molecule has 4 aromatic rings. The number of fused-ring (bicyclic) bond motifs is 1. The Morgan fingerprint density at radius 3 is 2.50 bits per heavy atom. The molecule has 0 aliphatic rings. The van der Waals surface area contributed by atoms with Crippen molar-refractivity contribution in [3.8, 4) is 5.75 Å². The van der Waals surface area contributed by atoms with E-state index >= 15 is 0 Å². The van der Waals surface area contributed by atoms with Crippen molar-refractivity contribution in [2.24, 2.45) is 0 Å². The van der Waals surface area contributed by atoms with Crippen LogP contribution in [0.5, 0.6) is 5.75 Å². The van der Waals surface area contributed by atoms with Gasteiger partial charge >= 0.3 is 0 Å². The van der Waals surface area contributed by atoms with Gasteiger partial charge < -0.3 is 10.1 Å². The smallest absolute Gasteiger partial charge is 0.262 e. The molecule has 0 aliphatic carbocycles. The molecule has 1 heterocycles. The molecule has 152 valence electrons. The zero-order chi connectivity index (χ0) is 21.1. The van der Waals surface area contributed by atoms with E-state index in [9.17, 15) is 13.2 Å². The highest BCUT2D eigenvalue weighted by molar-refractivity contribution is 7.92. The number of nitrogens with one attached hydrogen (secondary N) is 2. The van der Waals surface area contributed by atoms with Crippen LogP contribution < -0.4 is 14.8 Å². The van der Waals surface area contributed by atoms with Crippen LogP contribution >= 0.6 is 11.3 Å². The van der Waals surface area contributed by atoms with Gasteiger partial charge in [0.25, 0.3) is 15.9 Å². The SMILES string of the molecule is COc1cccc(S(=O)(=O)Nc2ccccc2C(=O)Nc2cc3ccccc3s2)c1. The number of benzene rings is 3. The van der Waals surface area contributed by atoms with E-state index in [0.29, 0.717) is 10.8 Å². The summed E-state index contributed by atoms with van der Waals surface area (Å²) in [5.74, 6) is 0.0270. The summed E-state index contributed by atoms with van der Waals surface area (Å²) in [5.41, 5.74) is 0.417. The van der Waals surface area contributed by atoms with Gasteiger partial charge in [-0.2, -0.15) is 0 Å². The third-order valence-corrected chi connectivity index (χ3v) is 6.82. The van der Waals surface area contributed by atoms with Crippen molar-refractivity contribution in [2.45, 2.75) is 4.90 Å². The first-order valence-electron chi connectivity index (χ1n) is 9.02. The van der Waals surface area contributed by atoms with E-state index < -0.39 is 15.9 Å². The van der Waals surface area contributed by atoms with Crippen molar-refractivity contribution in [1.82, 2.24) is 0 Å². The highest BCUT2D eigenvalue weighted by atomic mass is 32.2. The van der Waals surface area contributed by atoms with Crippen molar-refractivity contribution < 1.29 is 17.9 Å². The third kappa shape index (κ3) is 4.14. The predicted molar refractivity (Wildman–Crippen MR) is 120 cm³/mol. The molecule has 0 radical (unpaired) electrons. The van der Waals surface area contributed by atoms with Gasteiger partial charge in [-0.05, 0) is 41.8 Å². The summed E-state index contributed by atoms with van der Waals surface area (Å²) >= 11 is 1.46. The Balaban J connectivity index is 1.60. The molecule has 8 heteroatoms. The Bertz CT molecular complexity index is 1300. The first kappa shape index (κ1) is 19.9. The van der Waals surface area contributed by atoms with E-state index in [1.54, 1.807) is 36.4 Å². The maximum Gasteiger partial charge on any atom is 0.262 e. The average molecular weight is 439 g/mol. The molecule has 30 heavy (non-hydrogen) atoms. The lowest BCUT2D eigenvalue weighted by molar-refractivity contribution is 0.102. The molecule has 0 saturated heterocycles. The molecule has 0 bridgehead atoms. The molecular formula is C22H18N2O4S2. The van der Waals surface area contributed by atoms with Crippen LogP contribution in [-0.4, -0.2) is 21.4 Å². The third-order valence-electron chi connectivity index (χ3n) is 4.43. The summed E-state index contributed by atoms with van der Waals surface area (Å²) in [4.78, 5) is 12.9. The normalized spacial score (nSPS) is 11.2. The molecule has 3 aromatic carbocycles. The lowest BCUT2D eigenvalue weighted by atomic mass is 10.1. The van der Waals surface area contributed by atoms with Gasteiger partial charge in [0.15, 0.2) is 0 Å². The van der Waals surface area contributed by atoms with Crippen LogP contribution in [0.4, 0.5) is 10.7 Å². The highest BCUT2D eigenvalue weighted by Crippen LogP contribution is 2.30. The van der Waals surface area contributed by atoms with Crippen molar-refractivity contribution in [3.05, 3.63) is 84.4 Å². The first-order valence-corrected chi connectivity index (χ1v) is 11.3. The quantitative estimate of drug-likeness (QED) is 0.445. The second-order valence-electron chi connectivity index (χ2n) is 6.43. The van der Waals surface area contributed by atoms with Gasteiger partial charge in [-0.3, -0.25) is 9.52 Å². The molecule has 2 N–H and O–H groups in total. The predicted octanol–water partition coefficient (Wildman–Crippen LogP) is 4.96. The van der Waals surface area contributed by atoms with Gasteiger partial charge in [0.05, 0.1) is 28.3 Å². The minimum absolute atomic E-state index is 0.0431. The van der Waals surface area contributed by atoms with E-state index in [1.165, 1.54) is 30.6 Å². The van der Waals surface area contributed by atoms with Crippen LogP contribution in [0.3, 0.4) is 0 Å². The molecule has 0 aliphatic heterocycles. The van der Waals surface area contributed by atoms with Crippen molar-refractivity contribution in [2.75, 3.05) is 17.1 Å². The number of thiophene rings is 1. The number of sulfonamides is 1. The Kier molecular flexibility index (Phi) is 5.43. The lowest BCUT2D eigenvalue weighted by Crippen LogP contribution is -2.18. The Morgan fingerprint density at radius 2 is 1.70 bits per heavy atom. The number of carbonyl (C=O) groups excluding carboxylic acids is 1. The van der Waals surface area contributed by atoms with E-state index in [4.69, 9.17) is 4.74 Å². The molecule has 1 aromatic heterocycles. The Labute approximate surface area is 178 Å². The second kappa shape index (κ2) is 8.17. The molecule has 0 spiro atoms. The maximum absolute atomic E-state index is 12.9. The number of ether oxygens (including phenoxy) is 1. The molecule has 0 atom stereocenters. The Morgan fingerprint density at radius 1 is 0.933 bits per heavy atom. The van der Waals surface area contributed by atoms with Crippen LogP contribution in [0.2, 0.25) is 0 Å². The van der Waals surface area contributed by atoms with Crippen molar-refractivity contribution in [3.63, 3.8) is 0 Å². The fourth-order valence-electron chi connectivity index (χ4n) is 2.96. The standard InChI is InChI=1S/C22H18N2O4S2/c1-28-16-8-6-9-17(14-16)30(26,27)24-19-11-4-3-10-18(19)22(25)23-21-13-15-7-2-5-12-20(15)29-21/h2-14,24H,1H3,(H,23,25). The van der Waals surface area contributed by atoms with Crippen molar-refractivity contribution in [1.29, 1.82) is 0 Å². The van der Waals surface area contributed by atoms with Crippen molar-refractivity contribution >= 4 is 48.0 Å². The maximum atomic E-state index is 12.9. The van der Waals surface area contributed by atoms with Crippen LogP contribution in [0.15, 0.2) is 83.8 Å². The van der Waals surface area contributed by atoms with Crippen LogP contribution in [0.1, 0.15) is 10.4 Å². The zero-order valence-corrected chi connectivity index (χ0v) is 17.6. The fraction of sp³-hybridized carbons (Fsp3) is 0.0455. The molecular weight excluding hydrogens is 420 g/mol. The number of rotatable bonds is 6. The van der Waals surface area contributed by atoms with E-state index in [0.717, 1.165) is 10.1 Å². The number of carbonyl (C=O) groups is 1. The summed E-state index contributed by atoms with van der Waals surface area (Å²) < 4.78 is 34.3. The van der Waals surface area contributed by atoms with E-state index in [-0.39, 0.29) is 16.1 Å². The van der Waals surface area contributed by atoms with Gasteiger partial charge in [0, 0.05) is 10.8 Å².